The van der Waals surface area contributed by atoms with Crippen LogP contribution in [0.2, 0.25) is 0 Å². The summed E-state index contributed by atoms with van der Waals surface area (Å²) in [5, 5.41) is 4.03. The summed E-state index contributed by atoms with van der Waals surface area (Å²) in [7, 11) is -0.914. The minimum atomic E-state index is -4.41. The number of amides is 2. The van der Waals surface area contributed by atoms with Gasteiger partial charge < -0.3 is 19.1 Å². The van der Waals surface area contributed by atoms with Crippen LogP contribution < -0.4 is 0 Å². The number of carbonyl (C=O) groups excluding carboxylic acids is 1. The Kier molecular flexibility index (Phi) is 8.10. The fourth-order valence-corrected chi connectivity index (χ4v) is 5.54. The van der Waals surface area contributed by atoms with Crippen LogP contribution >= 0.6 is 0 Å². The van der Waals surface area contributed by atoms with Crippen molar-refractivity contribution in [3.05, 3.63) is 47.1 Å². The topological polar surface area (TPSA) is 88.8 Å². The van der Waals surface area contributed by atoms with Gasteiger partial charge in [-0.1, -0.05) is 17.3 Å². The molecular weight excluding hydrogens is 485 g/mol. The third-order valence-corrected chi connectivity index (χ3v) is 7.66. The molecule has 2 aliphatic heterocycles. The molecule has 2 saturated heterocycles. The van der Waals surface area contributed by atoms with Crippen LogP contribution in [0.15, 0.2) is 28.8 Å². The number of rotatable bonds is 6. The number of halogens is 3. The highest BCUT2D eigenvalue weighted by molar-refractivity contribution is 7.85. The van der Waals surface area contributed by atoms with Crippen molar-refractivity contribution in [2.75, 3.05) is 50.9 Å². The van der Waals surface area contributed by atoms with Gasteiger partial charge in [0.15, 0.2) is 5.82 Å². The molecule has 2 amide bonds. The number of nitrogens with zero attached hydrogens (tertiary/aromatic N) is 4. The molecule has 4 rings (SSSR count). The average Bonchev–Trinajstić information content (AvgIpc) is 3.32. The van der Waals surface area contributed by atoms with Gasteiger partial charge in [0.05, 0.1) is 18.1 Å². The van der Waals surface area contributed by atoms with Gasteiger partial charge in [0.25, 0.3) is 0 Å². The summed E-state index contributed by atoms with van der Waals surface area (Å²) in [4.78, 5) is 21.2. The first-order valence-corrected chi connectivity index (χ1v) is 13.2. The quantitative estimate of drug-likeness (QED) is 0.549. The molecule has 12 heteroatoms. The van der Waals surface area contributed by atoms with Crippen LogP contribution in [0.1, 0.15) is 48.0 Å². The molecular formula is C23H29F3N4O4S. The average molecular weight is 515 g/mol. The van der Waals surface area contributed by atoms with E-state index in [1.807, 2.05) is 6.92 Å². The number of carbonyl (C=O) groups is 1. The standard InChI is InChI=1S/C23H29F3N4O4S/c1-2-33-10-7-20-27-21(34-28-20)18-13-17(16-3-5-19(6-4-16)23(24,25)26)14-30(15-18)22(31)29-8-11-35(32)12-9-29/h3-6,17-18H,2,7-15H2,1H3. The Labute approximate surface area is 204 Å². The van der Waals surface area contributed by atoms with Gasteiger partial charge in [-0.05, 0) is 31.0 Å². The van der Waals surface area contributed by atoms with Crippen LogP contribution in [-0.2, 0) is 28.1 Å². The Morgan fingerprint density at radius 3 is 2.49 bits per heavy atom. The molecule has 0 aliphatic carbocycles. The molecule has 1 aromatic carbocycles. The molecule has 0 N–H and O–H groups in total. The van der Waals surface area contributed by atoms with Crippen LogP contribution in [0.3, 0.4) is 0 Å². The van der Waals surface area contributed by atoms with Crippen molar-refractivity contribution in [3.63, 3.8) is 0 Å². The molecule has 2 aliphatic rings. The molecule has 0 spiro atoms. The lowest BCUT2D eigenvalue weighted by Gasteiger charge is -2.40. The monoisotopic (exact) mass is 514 g/mol. The minimum absolute atomic E-state index is 0.167. The van der Waals surface area contributed by atoms with Crippen molar-refractivity contribution in [1.29, 1.82) is 0 Å². The van der Waals surface area contributed by atoms with E-state index in [1.54, 1.807) is 9.80 Å². The number of piperidine rings is 1. The van der Waals surface area contributed by atoms with E-state index in [0.29, 0.717) is 75.5 Å². The molecule has 2 atom stereocenters. The lowest BCUT2D eigenvalue weighted by atomic mass is 9.84. The molecule has 0 bridgehead atoms. The van der Waals surface area contributed by atoms with E-state index in [4.69, 9.17) is 9.26 Å². The normalized spacial score (nSPS) is 21.9. The Hall–Kier alpha value is -2.47. The maximum atomic E-state index is 13.3. The molecule has 2 unspecified atom stereocenters. The van der Waals surface area contributed by atoms with Crippen LogP contribution in [0.4, 0.5) is 18.0 Å². The first-order chi connectivity index (χ1) is 16.7. The van der Waals surface area contributed by atoms with E-state index in [1.165, 1.54) is 12.1 Å². The van der Waals surface area contributed by atoms with Crippen molar-refractivity contribution < 1.29 is 31.4 Å². The van der Waals surface area contributed by atoms with Gasteiger partial charge in [-0.15, -0.1) is 0 Å². The van der Waals surface area contributed by atoms with Gasteiger partial charge in [-0.2, -0.15) is 18.2 Å². The fourth-order valence-electron chi connectivity index (χ4n) is 4.49. The van der Waals surface area contributed by atoms with E-state index in [0.717, 1.165) is 17.7 Å². The van der Waals surface area contributed by atoms with Crippen LogP contribution in [0, 0.1) is 0 Å². The van der Waals surface area contributed by atoms with Gasteiger partial charge in [0, 0.05) is 67.4 Å². The van der Waals surface area contributed by atoms with Crippen LogP contribution in [-0.4, -0.2) is 81.1 Å². The molecule has 192 valence electrons. The second-order valence-corrected chi connectivity index (χ2v) is 10.5. The van der Waals surface area contributed by atoms with Crippen molar-refractivity contribution >= 4 is 16.8 Å². The number of aromatic nitrogens is 2. The smallest absolute Gasteiger partial charge is 0.381 e. The summed E-state index contributed by atoms with van der Waals surface area (Å²) >= 11 is 0. The third kappa shape index (κ3) is 6.40. The van der Waals surface area contributed by atoms with E-state index < -0.39 is 22.5 Å². The highest BCUT2D eigenvalue weighted by atomic mass is 32.2. The fraction of sp³-hybridized carbons (Fsp3) is 0.609. The Morgan fingerprint density at radius 2 is 1.83 bits per heavy atom. The van der Waals surface area contributed by atoms with Crippen LogP contribution in [0.25, 0.3) is 0 Å². The van der Waals surface area contributed by atoms with Gasteiger partial charge in [0.1, 0.15) is 0 Å². The SMILES string of the molecule is CCOCCc1noc(C2CC(c3ccc(C(F)(F)F)cc3)CN(C(=O)N3CCS(=O)CC3)C2)n1. The molecule has 1 aromatic heterocycles. The second-order valence-electron chi connectivity index (χ2n) is 8.77. The van der Waals surface area contributed by atoms with E-state index in [-0.39, 0.29) is 17.9 Å². The first-order valence-electron chi connectivity index (χ1n) is 11.7. The molecule has 3 heterocycles. The number of ether oxygens (including phenoxy) is 1. The predicted molar refractivity (Wildman–Crippen MR) is 122 cm³/mol. The lowest BCUT2D eigenvalue weighted by Crippen LogP contribution is -2.52. The summed E-state index contributed by atoms with van der Waals surface area (Å²) in [6.07, 6.45) is -3.35. The first kappa shape index (κ1) is 25.6. The van der Waals surface area contributed by atoms with Crippen LogP contribution in [0.5, 0.6) is 0 Å². The molecule has 0 radical (unpaired) electrons. The minimum Gasteiger partial charge on any atom is -0.381 e. The van der Waals surface area contributed by atoms with E-state index in [9.17, 15) is 22.2 Å². The zero-order valence-corrected chi connectivity index (χ0v) is 20.3. The number of alkyl halides is 3. The van der Waals surface area contributed by atoms with Crippen molar-refractivity contribution in [3.8, 4) is 0 Å². The summed E-state index contributed by atoms with van der Waals surface area (Å²) in [5.74, 6) is 1.35. The number of hydrogen-bond acceptors (Lipinski definition) is 6. The largest absolute Gasteiger partial charge is 0.416 e. The molecule has 0 saturated carbocycles. The summed E-state index contributed by atoms with van der Waals surface area (Å²) in [6.45, 7) is 4.52. The second kappa shape index (κ2) is 11.1. The number of likely N-dealkylation sites (tertiary alicyclic amines) is 1. The Morgan fingerprint density at radius 1 is 1.14 bits per heavy atom. The lowest BCUT2D eigenvalue weighted by molar-refractivity contribution is -0.137. The Balaban J connectivity index is 1.54. The highest BCUT2D eigenvalue weighted by Crippen LogP contribution is 2.37. The summed E-state index contributed by atoms with van der Waals surface area (Å²) < 4.78 is 61.7. The van der Waals surface area contributed by atoms with E-state index >= 15 is 0 Å². The maximum absolute atomic E-state index is 13.3. The van der Waals surface area contributed by atoms with Gasteiger partial charge in [-0.3, -0.25) is 4.21 Å². The number of urea groups is 1. The number of benzene rings is 1. The molecule has 8 nitrogen and oxygen atoms in total. The van der Waals surface area contributed by atoms with Crippen molar-refractivity contribution in [2.45, 2.75) is 37.8 Å². The highest BCUT2D eigenvalue weighted by Gasteiger charge is 2.37. The summed E-state index contributed by atoms with van der Waals surface area (Å²) in [6, 6.07) is 4.93. The van der Waals surface area contributed by atoms with Gasteiger partial charge in [-0.25, -0.2) is 4.79 Å². The molecule has 2 fully saturated rings. The zero-order chi connectivity index (χ0) is 25.0. The van der Waals surface area contributed by atoms with E-state index in [2.05, 4.69) is 10.1 Å². The number of hydrogen-bond donors (Lipinski definition) is 0. The van der Waals surface area contributed by atoms with Gasteiger partial charge >= 0.3 is 12.2 Å². The third-order valence-electron chi connectivity index (χ3n) is 6.39. The molecule has 35 heavy (non-hydrogen) atoms. The van der Waals surface area contributed by atoms with Gasteiger partial charge in [0.2, 0.25) is 5.89 Å². The zero-order valence-electron chi connectivity index (χ0n) is 19.5. The predicted octanol–water partition coefficient (Wildman–Crippen LogP) is 3.42. The summed E-state index contributed by atoms with van der Waals surface area (Å²) in [5.41, 5.74) is 0.00929. The molecule has 2 aromatic rings. The Bertz CT molecular complexity index is 1020. The van der Waals surface area contributed by atoms with Crippen molar-refractivity contribution in [1.82, 2.24) is 19.9 Å². The van der Waals surface area contributed by atoms with Crippen molar-refractivity contribution in [2.24, 2.45) is 0 Å². The maximum Gasteiger partial charge on any atom is 0.416 e.